The molecular weight excluding hydrogens is 419 g/mol. The summed E-state index contributed by atoms with van der Waals surface area (Å²) < 4.78 is 19.4. The summed E-state index contributed by atoms with van der Waals surface area (Å²) in [5.74, 6) is -0.503. The Morgan fingerprint density at radius 2 is 2.09 bits per heavy atom. The average Bonchev–Trinajstić information content (AvgIpc) is 3.19. The minimum atomic E-state index is -0.976. The number of aromatic nitrogens is 1. The molecule has 1 aliphatic rings. The van der Waals surface area contributed by atoms with E-state index in [4.69, 9.17) is 0 Å². The van der Waals surface area contributed by atoms with Gasteiger partial charge in [-0.3, -0.25) is 4.90 Å². The van der Waals surface area contributed by atoms with Crippen molar-refractivity contribution >= 4 is 22.9 Å². The Morgan fingerprint density at radius 3 is 2.82 bits per heavy atom. The van der Waals surface area contributed by atoms with E-state index in [1.807, 2.05) is 38.1 Å². The Balaban J connectivity index is 1.55. The maximum atomic E-state index is 14.8. The molecule has 4 rings (SSSR count). The van der Waals surface area contributed by atoms with Crippen LogP contribution in [0.3, 0.4) is 0 Å². The lowest BCUT2D eigenvalue weighted by molar-refractivity contribution is -0.134. The molecule has 2 aromatic carbocycles. The molecule has 6 heteroatoms. The fourth-order valence-electron chi connectivity index (χ4n) is 4.77. The Kier molecular flexibility index (Phi) is 6.68. The normalized spacial score (nSPS) is 17.7. The van der Waals surface area contributed by atoms with Gasteiger partial charge >= 0.3 is 5.97 Å². The van der Waals surface area contributed by atoms with Crippen molar-refractivity contribution in [3.05, 3.63) is 76.7 Å². The number of methoxy groups -OCH3 is 1. The first-order valence-electron chi connectivity index (χ1n) is 11.4. The Labute approximate surface area is 193 Å². The number of benzene rings is 2. The number of para-hydroxylation sites is 1. The zero-order valence-corrected chi connectivity index (χ0v) is 19.4. The number of hydrogen-bond acceptors (Lipinski definition) is 4. The first-order valence-corrected chi connectivity index (χ1v) is 11.4. The van der Waals surface area contributed by atoms with Crippen LogP contribution >= 0.6 is 0 Å². The minimum Gasteiger partial charge on any atom is -0.466 e. The van der Waals surface area contributed by atoms with Gasteiger partial charge in [0.05, 0.1) is 18.4 Å². The lowest BCUT2D eigenvalue weighted by Gasteiger charge is -2.34. The average molecular weight is 451 g/mol. The summed E-state index contributed by atoms with van der Waals surface area (Å²) in [5.41, 5.74) is 3.34. The van der Waals surface area contributed by atoms with Crippen LogP contribution < -0.4 is 0 Å². The van der Waals surface area contributed by atoms with Crippen molar-refractivity contribution in [1.29, 1.82) is 0 Å². The molecule has 0 amide bonds. The Morgan fingerprint density at radius 1 is 1.30 bits per heavy atom. The van der Waals surface area contributed by atoms with Crippen molar-refractivity contribution in [3.8, 4) is 0 Å². The first-order chi connectivity index (χ1) is 15.8. The molecule has 2 N–H and O–H groups in total. The molecule has 1 fully saturated rings. The Hall–Kier alpha value is -2.96. The van der Waals surface area contributed by atoms with Crippen LogP contribution in [0.2, 0.25) is 0 Å². The summed E-state index contributed by atoms with van der Waals surface area (Å²) in [6.45, 7) is 5.85. The van der Waals surface area contributed by atoms with Crippen LogP contribution in [0.25, 0.3) is 17.0 Å². The molecular formula is C27H31FN2O3. The second-order valence-corrected chi connectivity index (χ2v) is 9.30. The number of rotatable bonds is 6. The van der Waals surface area contributed by atoms with Crippen LogP contribution in [0.5, 0.6) is 0 Å². The largest absolute Gasteiger partial charge is 0.466 e. The van der Waals surface area contributed by atoms with E-state index in [1.54, 1.807) is 12.1 Å². The van der Waals surface area contributed by atoms with Gasteiger partial charge in [-0.25, -0.2) is 9.18 Å². The molecule has 0 saturated carbocycles. The van der Waals surface area contributed by atoms with Gasteiger partial charge < -0.3 is 14.8 Å². The maximum absolute atomic E-state index is 14.8. The number of nitrogens with one attached hydrogen (secondary N) is 1. The number of piperidine rings is 1. The number of hydrogen-bond donors (Lipinski definition) is 2. The molecule has 5 nitrogen and oxygen atoms in total. The van der Waals surface area contributed by atoms with Gasteiger partial charge in [0.1, 0.15) is 5.82 Å². The SMILES string of the molecule is COC(=O)/C=C/c1ccc(CN2CCCC(c3c(C(C)(C)O)[nH]c4ccccc34)C2)c(F)c1. The topological polar surface area (TPSA) is 65.6 Å². The molecule has 0 spiro atoms. The van der Waals surface area contributed by atoms with Gasteiger partial charge in [0.15, 0.2) is 0 Å². The summed E-state index contributed by atoms with van der Waals surface area (Å²) in [7, 11) is 1.31. The quantitative estimate of drug-likeness (QED) is 0.405. The monoisotopic (exact) mass is 450 g/mol. The third-order valence-corrected chi connectivity index (χ3v) is 6.36. The van der Waals surface area contributed by atoms with E-state index in [2.05, 4.69) is 20.7 Å². The number of likely N-dealkylation sites (tertiary alicyclic amines) is 1. The van der Waals surface area contributed by atoms with E-state index in [1.165, 1.54) is 24.8 Å². The predicted molar refractivity (Wildman–Crippen MR) is 128 cm³/mol. The van der Waals surface area contributed by atoms with Gasteiger partial charge in [0.2, 0.25) is 0 Å². The molecule has 1 aromatic heterocycles. The van der Waals surface area contributed by atoms with E-state index >= 15 is 0 Å². The number of nitrogens with zero attached hydrogens (tertiary/aromatic N) is 1. The maximum Gasteiger partial charge on any atom is 0.330 e. The van der Waals surface area contributed by atoms with Crippen LogP contribution in [0, 0.1) is 5.82 Å². The predicted octanol–water partition coefficient (Wildman–Crippen LogP) is 5.10. The molecule has 1 aliphatic heterocycles. The molecule has 0 radical (unpaired) electrons. The van der Waals surface area contributed by atoms with Crippen LogP contribution in [0.4, 0.5) is 4.39 Å². The summed E-state index contributed by atoms with van der Waals surface area (Å²) in [4.78, 5) is 17.0. The summed E-state index contributed by atoms with van der Waals surface area (Å²) in [5, 5.41) is 12.0. The van der Waals surface area contributed by atoms with Gasteiger partial charge in [0.25, 0.3) is 0 Å². The molecule has 2 heterocycles. The van der Waals surface area contributed by atoms with E-state index in [0.29, 0.717) is 17.7 Å². The van der Waals surface area contributed by atoms with Crippen molar-refractivity contribution in [2.24, 2.45) is 0 Å². The second kappa shape index (κ2) is 9.49. The van der Waals surface area contributed by atoms with Crippen molar-refractivity contribution in [2.45, 2.75) is 44.8 Å². The number of carbonyl (C=O) groups is 1. The third kappa shape index (κ3) is 5.18. The van der Waals surface area contributed by atoms with Crippen LogP contribution in [0.1, 0.15) is 55.0 Å². The molecule has 1 saturated heterocycles. The van der Waals surface area contributed by atoms with E-state index in [9.17, 15) is 14.3 Å². The molecule has 33 heavy (non-hydrogen) atoms. The number of H-pyrrole nitrogens is 1. The zero-order chi connectivity index (χ0) is 23.6. The van der Waals surface area contributed by atoms with Crippen molar-refractivity contribution in [1.82, 2.24) is 9.88 Å². The van der Waals surface area contributed by atoms with Gasteiger partial charge in [-0.1, -0.05) is 30.3 Å². The highest BCUT2D eigenvalue weighted by atomic mass is 19.1. The number of carbonyl (C=O) groups excluding carboxylic acids is 1. The van der Waals surface area contributed by atoms with Gasteiger partial charge in [-0.05, 0) is 68.5 Å². The van der Waals surface area contributed by atoms with Crippen molar-refractivity contribution in [2.75, 3.05) is 20.2 Å². The van der Waals surface area contributed by atoms with Gasteiger partial charge in [-0.2, -0.15) is 0 Å². The fourth-order valence-corrected chi connectivity index (χ4v) is 4.77. The lowest BCUT2D eigenvalue weighted by atomic mass is 9.85. The first kappa shape index (κ1) is 23.2. The minimum absolute atomic E-state index is 0.252. The molecule has 1 unspecified atom stereocenters. The standard InChI is InChI=1S/C27H31FN2O3/c1-27(2,32)26-25(21-8-4-5-9-23(21)29-26)20-7-6-14-30(17-20)16-19-12-10-18(15-22(19)28)11-13-24(31)33-3/h4-5,8-13,15,20,29,32H,6-7,14,16-17H2,1-3H3/b13-11+. The lowest BCUT2D eigenvalue weighted by Crippen LogP contribution is -2.35. The van der Waals surface area contributed by atoms with E-state index in [-0.39, 0.29) is 11.7 Å². The second-order valence-electron chi connectivity index (χ2n) is 9.30. The molecule has 0 bridgehead atoms. The number of aromatic amines is 1. The van der Waals surface area contributed by atoms with Crippen LogP contribution in [-0.4, -0.2) is 41.2 Å². The van der Waals surface area contributed by atoms with E-state index < -0.39 is 11.6 Å². The van der Waals surface area contributed by atoms with Gasteiger partial charge in [0, 0.05) is 35.6 Å². The third-order valence-electron chi connectivity index (χ3n) is 6.36. The highest BCUT2D eigenvalue weighted by Crippen LogP contribution is 2.39. The number of halogens is 1. The zero-order valence-electron chi connectivity index (χ0n) is 19.4. The highest BCUT2D eigenvalue weighted by Gasteiger charge is 2.31. The number of aliphatic hydroxyl groups is 1. The number of ether oxygens (including phenoxy) is 1. The smallest absolute Gasteiger partial charge is 0.330 e. The summed E-state index contributed by atoms with van der Waals surface area (Å²) >= 11 is 0. The van der Waals surface area contributed by atoms with Crippen molar-refractivity contribution < 1.29 is 19.0 Å². The Bertz CT molecular complexity index is 1180. The van der Waals surface area contributed by atoms with Crippen LogP contribution in [0.15, 0.2) is 48.5 Å². The number of esters is 1. The summed E-state index contributed by atoms with van der Waals surface area (Å²) in [6, 6.07) is 13.2. The van der Waals surface area contributed by atoms with Crippen LogP contribution in [-0.2, 0) is 21.7 Å². The fraction of sp³-hybridized carbons (Fsp3) is 0.370. The summed E-state index contributed by atoms with van der Waals surface area (Å²) in [6.07, 6.45) is 4.87. The van der Waals surface area contributed by atoms with Crippen molar-refractivity contribution in [3.63, 3.8) is 0 Å². The molecule has 1 atom stereocenters. The van der Waals surface area contributed by atoms with Gasteiger partial charge in [-0.15, -0.1) is 0 Å². The number of fused-ring (bicyclic) bond motifs is 1. The molecule has 3 aromatic rings. The molecule has 0 aliphatic carbocycles. The van der Waals surface area contributed by atoms with E-state index in [0.717, 1.165) is 42.5 Å². The highest BCUT2D eigenvalue weighted by molar-refractivity contribution is 5.87. The molecule has 174 valence electrons.